The van der Waals surface area contributed by atoms with Crippen molar-refractivity contribution in [3.8, 4) is 16.9 Å². The molecule has 0 radical (unpaired) electrons. The summed E-state index contributed by atoms with van der Waals surface area (Å²) < 4.78 is 12.7. The summed E-state index contributed by atoms with van der Waals surface area (Å²) in [4.78, 5) is 13.0. The predicted molar refractivity (Wildman–Crippen MR) is 113 cm³/mol. The number of amides is 1. The molecule has 4 heterocycles. The van der Waals surface area contributed by atoms with E-state index in [1.807, 2.05) is 48.5 Å². The number of hydrogen-bond donors (Lipinski definition) is 1. The van der Waals surface area contributed by atoms with Gasteiger partial charge in [0.15, 0.2) is 5.76 Å². The van der Waals surface area contributed by atoms with E-state index in [9.17, 15) is 4.79 Å². The van der Waals surface area contributed by atoms with Crippen molar-refractivity contribution in [3.63, 3.8) is 0 Å². The van der Waals surface area contributed by atoms with Crippen LogP contribution in [0.1, 0.15) is 23.4 Å². The van der Waals surface area contributed by atoms with Gasteiger partial charge in [-0.3, -0.25) is 4.79 Å². The molecule has 0 unspecified atom stereocenters. The Kier molecular flexibility index (Phi) is 5.51. The third-order valence-electron chi connectivity index (χ3n) is 6.77. The van der Waals surface area contributed by atoms with E-state index in [0.717, 1.165) is 38.9 Å². The quantitative estimate of drug-likeness (QED) is 0.635. The highest BCUT2D eigenvalue weighted by Gasteiger charge is 2.44. The molecule has 6 rings (SSSR count). The summed E-state index contributed by atoms with van der Waals surface area (Å²) >= 11 is 0. The lowest BCUT2D eigenvalue weighted by Gasteiger charge is -2.50. The average Bonchev–Trinajstić information content (AvgIpc) is 3.18. The monoisotopic (exact) mass is 426 g/mol. The first-order chi connectivity index (χ1) is 14.1. The van der Waals surface area contributed by atoms with Gasteiger partial charge in [0, 0.05) is 29.4 Å². The van der Waals surface area contributed by atoms with Gasteiger partial charge in [0.2, 0.25) is 0 Å². The fraction of sp³-hybridized carbons (Fsp3) is 0.375. The van der Waals surface area contributed by atoms with Crippen LogP contribution in [-0.4, -0.2) is 50.2 Å². The molecule has 0 saturated carbocycles. The van der Waals surface area contributed by atoms with Crippen molar-refractivity contribution in [3.05, 3.63) is 54.3 Å². The van der Waals surface area contributed by atoms with Gasteiger partial charge in [-0.25, -0.2) is 0 Å². The van der Waals surface area contributed by atoms with Crippen LogP contribution in [-0.2, 0) is 0 Å². The summed E-state index contributed by atoms with van der Waals surface area (Å²) in [5, 5.41) is 4.18. The molecule has 3 fully saturated rings. The highest BCUT2D eigenvalue weighted by molar-refractivity contribution is 6.00. The number of methoxy groups -OCH3 is 1. The van der Waals surface area contributed by atoms with Crippen LogP contribution in [0.4, 0.5) is 0 Å². The Morgan fingerprint density at radius 2 is 1.83 bits per heavy atom. The first kappa shape index (κ1) is 20.8. The van der Waals surface area contributed by atoms with Gasteiger partial charge in [0.1, 0.15) is 11.3 Å². The van der Waals surface area contributed by atoms with Crippen molar-refractivity contribution >= 4 is 16.9 Å². The molecule has 0 spiro atoms. The molecule has 2 aromatic carbocycles. The maximum atomic E-state index is 13.0. The van der Waals surface area contributed by atoms with E-state index in [2.05, 4.69) is 12.4 Å². The molecule has 1 atom stereocenters. The first-order valence-corrected chi connectivity index (χ1v) is 10.4. The second-order valence-electron chi connectivity index (χ2n) is 8.70. The molecule has 1 N–H and O–H groups in total. The largest absolute Gasteiger partial charge is 1.00 e. The molecular weight excluding hydrogens is 400 g/mol. The number of carbonyl (C=O) groups excluding carboxylic acids is 1. The second kappa shape index (κ2) is 7.97. The fourth-order valence-electron chi connectivity index (χ4n) is 5.08. The number of benzene rings is 2. The maximum Gasteiger partial charge on any atom is 0.287 e. The van der Waals surface area contributed by atoms with Gasteiger partial charge < -0.3 is 31.4 Å². The number of para-hydroxylation sites is 2. The number of rotatable bonds is 4. The van der Waals surface area contributed by atoms with Crippen LogP contribution >= 0.6 is 0 Å². The van der Waals surface area contributed by atoms with Gasteiger partial charge >= 0.3 is 0 Å². The minimum absolute atomic E-state index is 0. The summed E-state index contributed by atoms with van der Waals surface area (Å²) in [7, 11) is 3.96. The molecule has 3 aliphatic heterocycles. The normalized spacial score (nSPS) is 25.0. The van der Waals surface area contributed by atoms with E-state index in [1.54, 1.807) is 7.11 Å². The van der Waals surface area contributed by atoms with Crippen LogP contribution < -0.4 is 22.5 Å². The zero-order chi connectivity index (χ0) is 20.0. The van der Waals surface area contributed by atoms with E-state index < -0.39 is 0 Å². The molecule has 6 heteroatoms. The first-order valence-electron chi connectivity index (χ1n) is 10.4. The molecule has 3 aliphatic rings. The van der Waals surface area contributed by atoms with Crippen LogP contribution in [0.25, 0.3) is 22.1 Å². The maximum absolute atomic E-state index is 13.0. The van der Waals surface area contributed by atoms with Crippen LogP contribution in [0, 0.1) is 5.92 Å². The van der Waals surface area contributed by atoms with E-state index in [-0.39, 0.29) is 24.4 Å². The van der Waals surface area contributed by atoms with Crippen molar-refractivity contribution in [1.82, 2.24) is 5.32 Å². The van der Waals surface area contributed by atoms with E-state index >= 15 is 0 Å². The lowest BCUT2D eigenvalue weighted by Crippen LogP contribution is -3.00. The van der Waals surface area contributed by atoms with Gasteiger partial charge in [0.25, 0.3) is 5.91 Å². The topological polar surface area (TPSA) is 51.5 Å². The van der Waals surface area contributed by atoms with Gasteiger partial charge in [-0.1, -0.05) is 36.4 Å². The van der Waals surface area contributed by atoms with E-state index in [4.69, 9.17) is 9.15 Å². The van der Waals surface area contributed by atoms with Crippen LogP contribution in [0.5, 0.6) is 5.75 Å². The number of fused-ring (bicyclic) bond motifs is 4. The Morgan fingerprint density at radius 3 is 2.57 bits per heavy atom. The highest BCUT2D eigenvalue weighted by Crippen LogP contribution is 2.36. The second-order valence-corrected chi connectivity index (χ2v) is 8.70. The lowest BCUT2D eigenvalue weighted by molar-refractivity contribution is -0.925. The number of furan rings is 1. The fourth-order valence-corrected chi connectivity index (χ4v) is 5.08. The molecule has 1 aromatic heterocycles. The SMILES string of the molecule is COc1ccccc1-c1cccc2cc(C(=O)N[C@H]3C[N+]4(C)CCC3CC4)oc12.[Cl-]. The van der Waals surface area contributed by atoms with Gasteiger partial charge in [-0.2, -0.15) is 0 Å². The molecular formula is C24H27ClN2O3. The number of quaternary nitrogens is 1. The Morgan fingerprint density at radius 1 is 1.10 bits per heavy atom. The minimum atomic E-state index is -0.113. The van der Waals surface area contributed by atoms with Gasteiger partial charge in [-0.05, 0) is 18.1 Å². The van der Waals surface area contributed by atoms with Crippen molar-refractivity contribution in [1.29, 1.82) is 0 Å². The standard InChI is InChI=1S/C24H26N2O3.ClH/c1-26-12-10-16(11-13-26)20(15-26)25-24(27)22-14-17-6-5-8-19(23(17)29-22)18-7-3-4-9-21(18)28-2;/h3-9,14,16,20H,10-13,15H2,1-2H3;1H/t16?,20-,26?;/m0./s1. The predicted octanol–water partition coefficient (Wildman–Crippen LogP) is 1.08. The van der Waals surface area contributed by atoms with Crippen molar-refractivity contribution in [2.24, 2.45) is 5.92 Å². The van der Waals surface area contributed by atoms with Crippen molar-refractivity contribution < 1.29 is 30.8 Å². The molecule has 0 aliphatic carbocycles. The number of ether oxygens (including phenoxy) is 1. The zero-order valence-corrected chi connectivity index (χ0v) is 18.1. The lowest BCUT2D eigenvalue weighted by atomic mass is 9.82. The number of carbonyl (C=O) groups is 1. The Hall–Kier alpha value is -2.50. The Bertz CT molecular complexity index is 1070. The molecule has 5 nitrogen and oxygen atoms in total. The third kappa shape index (κ3) is 3.57. The van der Waals surface area contributed by atoms with Gasteiger partial charge in [-0.15, -0.1) is 0 Å². The minimum Gasteiger partial charge on any atom is -1.00 e. The van der Waals surface area contributed by atoms with Crippen LogP contribution in [0.3, 0.4) is 0 Å². The van der Waals surface area contributed by atoms with Crippen molar-refractivity contribution in [2.75, 3.05) is 33.8 Å². The number of piperidine rings is 3. The van der Waals surface area contributed by atoms with E-state index in [1.165, 1.54) is 25.9 Å². The number of nitrogens with one attached hydrogen (secondary N) is 1. The number of hydrogen-bond acceptors (Lipinski definition) is 3. The molecule has 3 aromatic rings. The van der Waals surface area contributed by atoms with Crippen molar-refractivity contribution in [2.45, 2.75) is 18.9 Å². The molecule has 3 saturated heterocycles. The molecule has 2 bridgehead atoms. The number of nitrogens with zero attached hydrogens (tertiary/aromatic N) is 1. The van der Waals surface area contributed by atoms with Crippen LogP contribution in [0.15, 0.2) is 52.9 Å². The summed E-state index contributed by atoms with van der Waals surface area (Å²) in [6.45, 7) is 3.47. The average molecular weight is 427 g/mol. The Labute approximate surface area is 183 Å². The zero-order valence-electron chi connectivity index (χ0n) is 17.4. The van der Waals surface area contributed by atoms with Gasteiger partial charge in [0.05, 0.1) is 39.8 Å². The summed E-state index contributed by atoms with van der Waals surface area (Å²) in [6, 6.07) is 15.9. The summed E-state index contributed by atoms with van der Waals surface area (Å²) in [6.07, 6.45) is 2.39. The molecule has 1 amide bonds. The highest BCUT2D eigenvalue weighted by atomic mass is 35.5. The Balaban J connectivity index is 0.00000218. The molecule has 30 heavy (non-hydrogen) atoms. The smallest absolute Gasteiger partial charge is 0.287 e. The molecule has 158 valence electrons. The van der Waals surface area contributed by atoms with Crippen LogP contribution in [0.2, 0.25) is 0 Å². The van der Waals surface area contributed by atoms with E-state index in [0.29, 0.717) is 11.7 Å². The number of likely N-dealkylation sites (N-methyl/N-ethyl adjacent to an activating group) is 1. The summed E-state index contributed by atoms with van der Waals surface area (Å²) in [5.41, 5.74) is 2.60. The third-order valence-corrected chi connectivity index (χ3v) is 6.77. The summed E-state index contributed by atoms with van der Waals surface area (Å²) in [5.74, 6) is 1.64. The number of halogens is 1.